The van der Waals surface area contributed by atoms with Gasteiger partial charge in [-0.3, -0.25) is 40.9 Å². The summed E-state index contributed by atoms with van der Waals surface area (Å²) in [5.41, 5.74) is 7.53. The van der Waals surface area contributed by atoms with E-state index in [-0.39, 0.29) is 12.8 Å². The van der Waals surface area contributed by atoms with Gasteiger partial charge in [0, 0.05) is 0 Å². The number of hydrogen-bond donors (Lipinski definition) is 4. The van der Waals surface area contributed by atoms with Crippen LogP contribution in [-0.2, 0) is 19.2 Å². The number of hydrogen-bond acceptors (Lipinski definition) is 4. The fourth-order valence-corrected chi connectivity index (χ4v) is 0.454. The summed E-state index contributed by atoms with van der Waals surface area (Å²) in [6.45, 7) is 0. The average molecular weight is 188 g/mol. The summed E-state index contributed by atoms with van der Waals surface area (Å²) in [5, 5.41) is 0. The van der Waals surface area contributed by atoms with Gasteiger partial charge in [-0.2, -0.15) is 0 Å². The smallest absolute Gasteiger partial charge is 0.247 e. The number of amides is 4. The number of hydrazine groups is 2. The average Bonchev–Trinajstić information content (AvgIpc) is 2.11. The summed E-state index contributed by atoms with van der Waals surface area (Å²) in [6, 6.07) is 0. The van der Waals surface area contributed by atoms with E-state index in [1.165, 1.54) is 0 Å². The molecule has 4 N–H and O–H groups in total. The molecule has 0 saturated heterocycles. The van der Waals surface area contributed by atoms with Gasteiger partial charge in [-0.1, -0.05) is 0 Å². The van der Waals surface area contributed by atoms with Gasteiger partial charge in [0.25, 0.3) is 0 Å². The minimum absolute atomic E-state index is 0.249. The lowest BCUT2D eigenvalue weighted by atomic mass is 10.4. The lowest BCUT2D eigenvalue weighted by Crippen LogP contribution is -2.42. The minimum Gasteiger partial charge on any atom is -0.277 e. The Bertz CT molecular complexity index is 195. The molecule has 0 aromatic carbocycles. The predicted molar refractivity (Wildman–Crippen MR) is 39.3 cm³/mol. The highest BCUT2D eigenvalue weighted by molar-refractivity contribution is 5.97. The number of carbonyl (C=O) groups excluding carboxylic acids is 4. The molecule has 8 heteroatoms. The van der Waals surface area contributed by atoms with Gasteiger partial charge in [-0.05, 0) is 0 Å². The third-order valence-electron chi connectivity index (χ3n) is 0.862. The Balaban J connectivity index is 3.58. The molecule has 72 valence electrons. The van der Waals surface area contributed by atoms with Crippen LogP contribution >= 0.6 is 0 Å². The molecule has 0 bridgehead atoms. The Morgan fingerprint density at radius 2 is 1.31 bits per heavy atom. The molecule has 0 unspecified atom stereocenters. The lowest BCUT2D eigenvalue weighted by Gasteiger charge is -2.02. The second-order valence-corrected chi connectivity index (χ2v) is 1.80. The van der Waals surface area contributed by atoms with Gasteiger partial charge in [-0.15, -0.1) is 0 Å². The van der Waals surface area contributed by atoms with Crippen LogP contribution < -0.4 is 21.7 Å². The highest BCUT2D eigenvalue weighted by Crippen LogP contribution is 1.75. The maximum atomic E-state index is 10.7. The molecule has 0 fully saturated rings. The standard InChI is InChI=1S/C5H8N4O4/c10-2-6-8-4(12)1-5(13)9-7-3-11/h2-3H,1H2,(H,6,10)(H,7,11)(H,8,12)(H,9,13). The Hall–Kier alpha value is -2.12. The SMILES string of the molecule is O=CNNC(=O)CC(=O)NNC=O. The quantitative estimate of drug-likeness (QED) is 0.201. The third-order valence-corrected chi connectivity index (χ3v) is 0.862. The monoisotopic (exact) mass is 188 g/mol. The fraction of sp³-hybridized carbons (Fsp3) is 0.200. The first-order valence-corrected chi connectivity index (χ1v) is 3.16. The molecular formula is C5H8N4O4. The maximum Gasteiger partial charge on any atom is 0.247 e. The Morgan fingerprint density at radius 3 is 1.62 bits per heavy atom. The topological polar surface area (TPSA) is 116 Å². The zero-order chi connectivity index (χ0) is 10.1. The highest BCUT2D eigenvalue weighted by Gasteiger charge is 2.07. The summed E-state index contributed by atoms with van der Waals surface area (Å²) < 4.78 is 0. The Morgan fingerprint density at radius 1 is 0.923 bits per heavy atom. The molecule has 0 radical (unpaired) electrons. The van der Waals surface area contributed by atoms with Crippen LogP contribution in [0.4, 0.5) is 0 Å². The van der Waals surface area contributed by atoms with Crippen molar-refractivity contribution in [3.05, 3.63) is 0 Å². The molecule has 0 heterocycles. The molecule has 0 saturated carbocycles. The molecule has 13 heavy (non-hydrogen) atoms. The van der Waals surface area contributed by atoms with Crippen molar-refractivity contribution in [2.75, 3.05) is 0 Å². The fourth-order valence-electron chi connectivity index (χ4n) is 0.454. The number of nitrogens with one attached hydrogen (secondary N) is 4. The Kier molecular flexibility index (Phi) is 5.51. The van der Waals surface area contributed by atoms with E-state index in [2.05, 4.69) is 0 Å². The summed E-state index contributed by atoms with van der Waals surface area (Å²) in [6.07, 6.45) is 0.000626. The van der Waals surface area contributed by atoms with Crippen LogP contribution in [0.3, 0.4) is 0 Å². The summed E-state index contributed by atoms with van der Waals surface area (Å²) in [5.74, 6) is -1.39. The van der Waals surface area contributed by atoms with E-state index < -0.39 is 18.2 Å². The number of carbonyl (C=O) groups is 4. The molecule has 0 aliphatic heterocycles. The van der Waals surface area contributed by atoms with Crippen molar-refractivity contribution in [1.82, 2.24) is 21.7 Å². The van der Waals surface area contributed by atoms with E-state index in [0.717, 1.165) is 0 Å². The first kappa shape index (κ1) is 10.9. The first-order valence-electron chi connectivity index (χ1n) is 3.16. The van der Waals surface area contributed by atoms with Crippen LogP contribution in [-0.4, -0.2) is 24.6 Å². The van der Waals surface area contributed by atoms with Crippen molar-refractivity contribution in [2.45, 2.75) is 6.42 Å². The van der Waals surface area contributed by atoms with E-state index >= 15 is 0 Å². The molecule has 0 aliphatic carbocycles. The molecular weight excluding hydrogens is 180 g/mol. The van der Waals surface area contributed by atoms with Crippen molar-refractivity contribution in [3.63, 3.8) is 0 Å². The second kappa shape index (κ2) is 6.58. The van der Waals surface area contributed by atoms with Crippen molar-refractivity contribution < 1.29 is 19.2 Å². The molecule has 8 nitrogen and oxygen atoms in total. The zero-order valence-electron chi connectivity index (χ0n) is 6.49. The van der Waals surface area contributed by atoms with Crippen molar-refractivity contribution >= 4 is 24.6 Å². The maximum absolute atomic E-state index is 10.7. The van der Waals surface area contributed by atoms with Gasteiger partial charge in [0.1, 0.15) is 6.42 Å². The normalized spacial score (nSPS) is 8.00. The molecule has 4 amide bonds. The van der Waals surface area contributed by atoms with E-state index in [4.69, 9.17) is 0 Å². The van der Waals surface area contributed by atoms with Gasteiger partial charge in [0.05, 0.1) is 0 Å². The Labute approximate surface area is 73.0 Å². The van der Waals surface area contributed by atoms with E-state index in [9.17, 15) is 19.2 Å². The molecule has 0 rings (SSSR count). The van der Waals surface area contributed by atoms with Crippen molar-refractivity contribution in [1.29, 1.82) is 0 Å². The van der Waals surface area contributed by atoms with Crippen LogP contribution in [0.25, 0.3) is 0 Å². The van der Waals surface area contributed by atoms with Gasteiger partial charge in [-0.25, -0.2) is 0 Å². The first-order chi connectivity index (χ1) is 6.20. The number of rotatable bonds is 6. The predicted octanol–water partition coefficient (Wildman–Crippen LogP) is -3.07. The molecule has 0 atom stereocenters. The van der Waals surface area contributed by atoms with Crippen LogP contribution in [0, 0.1) is 0 Å². The largest absolute Gasteiger partial charge is 0.277 e. The van der Waals surface area contributed by atoms with Gasteiger partial charge >= 0.3 is 0 Å². The second-order valence-electron chi connectivity index (χ2n) is 1.80. The van der Waals surface area contributed by atoms with Gasteiger partial charge < -0.3 is 0 Å². The van der Waals surface area contributed by atoms with E-state index in [0.29, 0.717) is 0 Å². The van der Waals surface area contributed by atoms with Crippen LogP contribution in [0.15, 0.2) is 0 Å². The summed E-state index contributed by atoms with van der Waals surface area (Å²) in [4.78, 5) is 40.7. The van der Waals surface area contributed by atoms with Gasteiger partial charge in [0.15, 0.2) is 0 Å². The molecule has 0 spiro atoms. The van der Waals surface area contributed by atoms with Gasteiger partial charge in [0.2, 0.25) is 24.6 Å². The van der Waals surface area contributed by atoms with Crippen LogP contribution in [0.1, 0.15) is 6.42 Å². The summed E-state index contributed by atoms with van der Waals surface area (Å²) in [7, 11) is 0. The lowest BCUT2D eigenvalue weighted by molar-refractivity contribution is -0.132. The molecule has 0 aromatic rings. The van der Waals surface area contributed by atoms with Crippen LogP contribution in [0.5, 0.6) is 0 Å². The minimum atomic E-state index is -0.697. The van der Waals surface area contributed by atoms with Crippen LogP contribution in [0.2, 0.25) is 0 Å². The zero-order valence-corrected chi connectivity index (χ0v) is 6.49. The highest BCUT2D eigenvalue weighted by atomic mass is 16.2. The van der Waals surface area contributed by atoms with E-state index in [1.807, 2.05) is 21.7 Å². The molecule has 0 aliphatic rings. The molecule has 0 aromatic heterocycles. The van der Waals surface area contributed by atoms with E-state index in [1.54, 1.807) is 0 Å². The summed E-state index contributed by atoms with van der Waals surface area (Å²) >= 11 is 0. The van der Waals surface area contributed by atoms with Crippen molar-refractivity contribution in [2.24, 2.45) is 0 Å². The van der Waals surface area contributed by atoms with Crippen molar-refractivity contribution in [3.8, 4) is 0 Å². The third kappa shape index (κ3) is 6.28.